The summed E-state index contributed by atoms with van der Waals surface area (Å²) in [6.07, 6.45) is 1.46. The van der Waals surface area contributed by atoms with Gasteiger partial charge in [0, 0.05) is 12.1 Å². The Morgan fingerprint density at radius 2 is 1.52 bits per heavy atom. The molecular weight excluding hydrogens is 284 g/mol. The van der Waals surface area contributed by atoms with Gasteiger partial charge in [-0.3, -0.25) is 0 Å². The normalized spacial score (nSPS) is 13.4. The van der Waals surface area contributed by atoms with E-state index in [1.165, 1.54) is 0 Å². The van der Waals surface area contributed by atoms with Gasteiger partial charge in [0.15, 0.2) is 0 Å². The third kappa shape index (κ3) is 4.80. The maximum atomic E-state index is 12.3. The van der Waals surface area contributed by atoms with Crippen molar-refractivity contribution in [1.82, 2.24) is 4.72 Å². The molecule has 21 heavy (non-hydrogen) atoms. The zero-order valence-electron chi connectivity index (χ0n) is 13.7. The van der Waals surface area contributed by atoms with E-state index in [0.29, 0.717) is 0 Å². The summed E-state index contributed by atoms with van der Waals surface area (Å²) >= 11 is 0. The van der Waals surface area contributed by atoms with E-state index in [9.17, 15) is 8.42 Å². The van der Waals surface area contributed by atoms with E-state index >= 15 is 0 Å². The molecule has 3 N–H and O–H groups in total. The van der Waals surface area contributed by atoms with Crippen molar-refractivity contribution >= 4 is 10.0 Å². The van der Waals surface area contributed by atoms with E-state index in [1.807, 2.05) is 26.0 Å². The molecule has 0 spiro atoms. The number of benzene rings is 1. The lowest BCUT2D eigenvalue weighted by atomic mass is 9.87. The van der Waals surface area contributed by atoms with E-state index in [2.05, 4.69) is 25.5 Å². The van der Waals surface area contributed by atoms with Gasteiger partial charge in [-0.1, -0.05) is 46.8 Å². The van der Waals surface area contributed by atoms with E-state index in [4.69, 9.17) is 5.73 Å². The summed E-state index contributed by atoms with van der Waals surface area (Å²) in [5, 5.41) is 0. The lowest BCUT2D eigenvalue weighted by Crippen LogP contribution is -2.49. The summed E-state index contributed by atoms with van der Waals surface area (Å²) in [6, 6.07) is 7.03. The van der Waals surface area contributed by atoms with E-state index in [-0.39, 0.29) is 16.9 Å². The highest BCUT2D eigenvalue weighted by Crippen LogP contribution is 2.23. The molecular formula is C16H28N2O2S. The summed E-state index contributed by atoms with van der Waals surface area (Å²) in [5.74, 6) is 0. The molecule has 0 aliphatic heterocycles. The predicted octanol–water partition coefficient (Wildman–Crippen LogP) is 2.78. The zero-order chi connectivity index (χ0) is 16.3. The van der Waals surface area contributed by atoms with Crippen molar-refractivity contribution in [2.75, 3.05) is 6.54 Å². The molecule has 0 fully saturated rings. The molecule has 0 aliphatic carbocycles. The van der Waals surface area contributed by atoms with Crippen LogP contribution in [0, 0.1) is 0 Å². The Hall–Kier alpha value is -0.910. The second kappa shape index (κ2) is 6.46. The van der Waals surface area contributed by atoms with Crippen LogP contribution >= 0.6 is 0 Å². The number of nitrogens with one attached hydrogen (secondary N) is 1. The minimum Gasteiger partial charge on any atom is -0.324 e. The monoisotopic (exact) mass is 312 g/mol. The molecule has 120 valence electrons. The molecule has 0 atom stereocenters. The second-order valence-corrected chi connectivity index (χ2v) is 8.44. The standard InChI is InChI=1S/C16H28N2O2S/c1-6-16(17,7-2)12-18-21(19,20)14-10-8-13(9-11-14)15(3,4)5/h8-11,18H,6-7,12,17H2,1-5H3. The maximum absolute atomic E-state index is 12.3. The average molecular weight is 312 g/mol. The number of nitrogens with two attached hydrogens (primary N) is 1. The van der Waals surface area contributed by atoms with Gasteiger partial charge in [-0.05, 0) is 36.0 Å². The molecule has 0 heterocycles. The van der Waals surface area contributed by atoms with Gasteiger partial charge in [0.05, 0.1) is 4.90 Å². The third-order valence-electron chi connectivity index (χ3n) is 4.05. The van der Waals surface area contributed by atoms with Crippen molar-refractivity contribution in [1.29, 1.82) is 0 Å². The van der Waals surface area contributed by atoms with Crippen LogP contribution in [0.15, 0.2) is 29.2 Å². The van der Waals surface area contributed by atoms with Gasteiger partial charge >= 0.3 is 0 Å². The van der Waals surface area contributed by atoms with Crippen molar-refractivity contribution < 1.29 is 8.42 Å². The van der Waals surface area contributed by atoms with Crippen LogP contribution in [0.4, 0.5) is 0 Å². The van der Waals surface area contributed by atoms with Gasteiger partial charge in [0.25, 0.3) is 0 Å². The molecule has 5 heteroatoms. The Bertz CT molecular complexity index is 553. The zero-order valence-corrected chi connectivity index (χ0v) is 14.5. The number of hydrogen-bond acceptors (Lipinski definition) is 3. The third-order valence-corrected chi connectivity index (χ3v) is 5.47. The van der Waals surface area contributed by atoms with Crippen molar-refractivity contribution in [3.05, 3.63) is 29.8 Å². The lowest BCUT2D eigenvalue weighted by molar-refractivity contribution is 0.392. The predicted molar refractivity (Wildman–Crippen MR) is 87.8 cm³/mol. The van der Waals surface area contributed by atoms with Crippen LogP contribution in [-0.2, 0) is 15.4 Å². The quantitative estimate of drug-likeness (QED) is 0.848. The molecule has 0 unspecified atom stereocenters. The van der Waals surface area contributed by atoms with E-state index in [0.717, 1.165) is 18.4 Å². The first-order valence-electron chi connectivity index (χ1n) is 7.43. The minimum atomic E-state index is -3.51. The van der Waals surface area contributed by atoms with Crippen molar-refractivity contribution in [2.24, 2.45) is 5.73 Å². The molecule has 4 nitrogen and oxygen atoms in total. The molecule has 0 aliphatic rings. The molecule has 1 rings (SSSR count). The molecule has 1 aromatic carbocycles. The number of hydrogen-bond donors (Lipinski definition) is 2. The SMILES string of the molecule is CCC(N)(CC)CNS(=O)(=O)c1ccc(C(C)(C)C)cc1. The smallest absolute Gasteiger partial charge is 0.240 e. The Morgan fingerprint density at radius 3 is 1.90 bits per heavy atom. The summed E-state index contributed by atoms with van der Waals surface area (Å²) < 4.78 is 27.2. The van der Waals surface area contributed by atoms with Crippen LogP contribution < -0.4 is 10.5 Å². The fourth-order valence-electron chi connectivity index (χ4n) is 1.96. The highest BCUT2D eigenvalue weighted by Gasteiger charge is 2.24. The van der Waals surface area contributed by atoms with Crippen LogP contribution in [0.3, 0.4) is 0 Å². The van der Waals surface area contributed by atoms with Gasteiger partial charge in [-0.15, -0.1) is 0 Å². The Morgan fingerprint density at radius 1 is 1.05 bits per heavy atom. The lowest BCUT2D eigenvalue weighted by Gasteiger charge is -2.26. The van der Waals surface area contributed by atoms with Crippen LogP contribution in [0.1, 0.15) is 53.0 Å². The summed E-state index contributed by atoms with van der Waals surface area (Å²) in [7, 11) is -3.51. The number of rotatable bonds is 6. The fraction of sp³-hybridized carbons (Fsp3) is 0.625. The molecule has 0 saturated carbocycles. The first kappa shape index (κ1) is 18.1. The first-order chi connectivity index (χ1) is 9.54. The average Bonchev–Trinajstić information content (AvgIpc) is 2.44. The van der Waals surface area contributed by atoms with Gasteiger partial charge in [0.2, 0.25) is 10.0 Å². The number of sulfonamides is 1. The minimum absolute atomic E-state index is 0.00650. The van der Waals surface area contributed by atoms with Crippen LogP contribution in [0.5, 0.6) is 0 Å². The highest BCUT2D eigenvalue weighted by molar-refractivity contribution is 7.89. The molecule has 0 radical (unpaired) electrons. The second-order valence-electron chi connectivity index (χ2n) is 6.67. The maximum Gasteiger partial charge on any atom is 0.240 e. The van der Waals surface area contributed by atoms with Gasteiger partial charge in [-0.2, -0.15) is 0 Å². The Kier molecular flexibility index (Phi) is 5.58. The Balaban J connectivity index is 2.89. The largest absolute Gasteiger partial charge is 0.324 e. The highest BCUT2D eigenvalue weighted by atomic mass is 32.2. The van der Waals surface area contributed by atoms with Crippen LogP contribution in [-0.4, -0.2) is 20.5 Å². The Labute approximate surface area is 129 Å². The van der Waals surface area contributed by atoms with Crippen LogP contribution in [0.25, 0.3) is 0 Å². The van der Waals surface area contributed by atoms with Gasteiger partial charge in [0.1, 0.15) is 0 Å². The summed E-state index contributed by atoms with van der Waals surface area (Å²) in [5.41, 5.74) is 6.76. The van der Waals surface area contributed by atoms with E-state index < -0.39 is 15.6 Å². The molecule has 1 aromatic rings. The molecule has 0 amide bonds. The molecule has 0 aromatic heterocycles. The van der Waals surface area contributed by atoms with Crippen molar-refractivity contribution in [2.45, 2.75) is 63.3 Å². The van der Waals surface area contributed by atoms with Crippen molar-refractivity contribution in [3.63, 3.8) is 0 Å². The summed E-state index contributed by atoms with van der Waals surface area (Å²) in [4.78, 5) is 0.282. The van der Waals surface area contributed by atoms with Gasteiger partial charge < -0.3 is 5.73 Å². The van der Waals surface area contributed by atoms with Crippen molar-refractivity contribution in [3.8, 4) is 0 Å². The topological polar surface area (TPSA) is 72.2 Å². The van der Waals surface area contributed by atoms with E-state index in [1.54, 1.807) is 12.1 Å². The van der Waals surface area contributed by atoms with Crippen LogP contribution in [0.2, 0.25) is 0 Å². The summed E-state index contributed by atoms with van der Waals surface area (Å²) in [6.45, 7) is 10.5. The molecule has 0 saturated heterocycles. The van der Waals surface area contributed by atoms with Gasteiger partial charge in [-0.25, -0.2) is 13.1 Å². The first-order valence-corrected chi connectivity index (χ1v) is 8.91. The fourth-order valence-corrected chi connectivity index (χ4v) is 3.09. The molecule has 0 bridgehead atoms.